The highest BCUT2D eigenvalue weighted by atomic mass is 79.9. The molecular weight excluding hydrogens is 492 g/mol. The van der Waals surface area contributed by atoms with Crippen LogP contribution in [0.2, 0.25) is 0 Å². The molecule has 1 aromatic heterocycles. The summed E-state index contributed by atoms with van der Waals surface area (Å²) in [4.78, 5) is 15.2. The number of halogens is 1. The summed E-state index contributed by atoms with van der Waals surface area (Å²) in [5.74, 6) is -0.378. The number of aromatic hydroxyl groups is 1. The second kappa shape index (κ2) is 8.31. The molecule has 2 aromatic carbocycles. The first-order valence-corrected chi connectivity index (χ1v) is 12.6. The number of hydrogen-bond donors (Lipinski definition) is 1. The lowest BCUT2D eigenvalue weighted by Crippen LogP contribution is -2.35. The normalized spacial score (nSPS) is 24.3. The Morgan fingerprint density at radius 3 is 2.71 bits per heavy atom. The van der Waals surface area contributed by atoms with Gasteiger partial charge in [0, 0.05) is 28.0 Å². The lowest BCUT2D eigenvalue weighted by atomic mass is 9.65. The summed E-state index contributed by atoms with van der Waals surface area (Å²) in [6.45, 7) is 10.6. The van der Waals surface area contributed by atoms with Gasteiger partial charge in [-0.2, -0.15) is 0 Å². The summed E-state index contributed by atoms with van der Waals surface area (Å²) in [7, 11) is 0. The number of carbonyl (C=O) groups is 1. The zero-order chi connectivity index (χ0) is 24.3. The highest BCUT2D eigenvalue weighted by molar-refractivity contribution is 9.10. The number of nitrogens with zero attached hydrogens (tertiary/aromatic N) is 4. The fourth-order valence-corrected chi connectivity index (χ4v) is 6.78. The van der Waals surface area contributed by atoms with Crippen LogP contribution in [0.3, 0.4) is 0 Å². The number of aryl methyl sites for hydroxylation is 1. The molecule has 1 saturated carbocycles. The van der Waals surface area contributed by atoms with Gasteiger partial charge in [0.2, 0.25) is 5.88 Å². The highest BCUT2D eigenvalue weighted by Crippen LogP contribution is 2.53. The van der Waals surface area contributed by atoms with Gasteiger partial charge in [0.15, 0.2) is 5.69 Å². The summed E-state index contributed by atoms with van der Waals surface area (Å²) in [6.07, 6.45) is 3.57. The van der Waals surface area contributed by atoms with Crippen molar-refractivity contribution in [3.8, 4) is 5.88 Å². The zero-order valence-corrected chi connectivity index (χ0v) is 21.8. The SMILES string of the molecule is Cc1ccccc1C(=O)N=Nc1c(O)n(CN2C[C@]3(C)C[C@@H]2CC(C)(C)C3)c2ccc(Br)cc12. The van der Waals surface area contributed by atoms with E-state index in [-0.39, 0.29) is 5.88 Å². The minimum atomic E-state index is -0.420. The van der Waals surface area contributed by atoms with Gasteiger partial charge in [-0.3, -0.25) is 14.3 Å². The van der Waals surface area contributed by atoms with Crippen LogP contribution >= 0.6 is 15.9 Å². The van der Waals surface area contributed by atoms with Gasteiger partial charge in [0.25, 0.3) is 5.91 Å². The number of aromatic nitrogens is 1. The van der Waals surface area contributed by atoms with Gasteiger partial charge < -0.3 is 5.11 Å². The number of azo groups is 1. The van der Waals surface area contributed by atoms with Crippen LogP contribution < -0.4 is 0 Å². The Morgan fingerprint density at radius 1 is 1.18 bits per heavy atom. The maximum atomic E-state index is 12.7. The molecule has 1 aliphatic carbocycles. The molecular formula is C27H31BrN4O2. The second-order valence-corrected chi connectivity index (χ2v) is 12.1. The molecule has 2 atom stereocenters. The second-order valence-electron chi connectivity index (χ2n) is 11.2. The average molecular weight is 523 g/mol. The third-order valence-corrected chi connectivity index (χ3v) is 7.93. The molecule has 5 rings (SSSR count). The molecule has 3 aromatic rings. The lowest BCUT2D eigenvalue weighted by Gasteiger charge is -2.40. The van der Waals surface area contributed by atoms with Crippen molar-refractivity contribution in [2.75, 3.05) is 6.54 Å². The molecule has 178 valence electrons. The first kappa shape index (κ1) is 23.2. The van der Waals surface area contributed by atoms with Crippen LogP contribution in [-0.4, -0.2) is 33.1 Å². The molecule has 0 unspecified atom stereocenters. The lowest BCUT2D eigenvalue weighted by molar-refractivity contribution is 0.0994. The van der Waals surface area contributed by atoms with Crippen LogP contribution in [-0.2, 0) is 6.67 Å². The number of benzene rings is 2. The fourth-order valence-electron chi connectivity index (χ4n) is 6.42. The minimum Gasteiger partial charge on any atom is -0.493 e. The molecule has 7 heteroatoms. The van der Waals surface area contributed by atoms with Crippen molar-refractivity contribution in [1.29, 1.82) is 0 Å². The quantitative estimate of drug-likeness (QED) is 0.368. The monoisotopic (exact) mass is 522 g/mol. The predicted octanol–water partition coefficient (Wildman–Crippen LogP) is 7.20. The van der Waals surface area contributed by atoms with Crippen LogP contribution in [0.25, 0.3) is 10.9 Å². The molecule has 2 fully saturated rings. The Morgan fingerprint density at radius 2 is 1.94 bits per heavy atom. The summed E-state index contributed by atoms with van der Waals surface area (Å²) in [5.41, 5.74) is 3.19. The van der Waals surface area contributed by atoms with Crippen molar-refractivity contribution < 1.29 is 9.90 Å². The van der Waals surface area contributed by atoms with Gasteiger partial charge in [-0.1, -0.05) is 54.9 Å². The summed E-state index contributed by atoms with van der Waals surface area (Å²) in [5, 5.41) is 20.3. The van der Waals surface area contributed by atoms with Crippen molar-refractivity contribution in [2.24, 2.45) is 21.1 Å². The summed E-state index contributed by atoms with van der Waals surface area (Å²) >= 11 is 3.53. The van der Waals surface area contributed by atoms with Crippen molar-refractivity contribution in [3.05, 3.63) is 58.1 Å². The number of rotatable bonds is 4. The average Bonchev–Trinajstić information content (AvgIpc) is 3.14. The number of fused-ring (bicyclic) bond motifs is 3. The number of hydrogen-bond acceptors (Lipinski definition) is 4. The topological polar surface area (TPSA) is 70.2 Å². The smallest absolute Gasteiger partial charge is 0.295 e. The molecule has 2 bridgehead atoms. The minimum absolute atomic E-state index is 0.0419. The van der Waals surface area contributed by atoms with E-state index >= 15 is 0 Å². The molecule has 1 N–H and O–H groups in total. The Balaban J connectivity index is 1.50. The fraction of sp³-hybridized carbons (Fsp3) is 0.444. The molecule has 34 heavy (non-hydrogen) atoms. The van der Waals surface area contributed by atoms with E-state index in [9.17, 15) is 9.90 Å². The van der Waals surface area contributed by atoms with E-state index in [1.54, 1.807) is 6.07 Å². The van der Waals surface area contributed by atoms with Crippen LogP contribution in [0.5, 0.6) is 5.88 Å². The van der Waals surface area contributed by atoms with Crippen molar-refractivity contribution in [3.63, 3.8) is 0 Å². The molecule has 6 nitrogen and oxygen atoms in total. The van der Waals surface area contributed by atoms with E-state index in [0.29, 0.717) is 34.8 Å². The first-order chi connectivity index (χ1) is 16.1. The number of likely N-dealkylation sites (tertiary alicyclic amines) is 1. The molecule has 1 aliphatic heterocycles. The van der Waals surface area contributed by atoms with E-state index in [1.807, 2.05) is 47.9 Å². The zero-order valence-electron chi connectivity index (χ0n) is 20.2. The van der Waals surface area contributed by atoms with Gasteiger partial charge in [-0.05, 0) is 66.8 Å². The third kappa shape index (κ3) is 4.20. The number of carbonyl (C=O) groups excluding carboxylic acids is 1. The van der Waals surface area contributed by atoms with E-state index in [4.69, 9.17) is 0 Å². The Hall–Kier alpha value is -2.51. The van der Waals surface area contributed by atoms with Crippen LogP contribution in [0.1, 0.15) is 56.0 Å². The molecule has 0 radical (unpaired) electrons. The molecule has 0 spiro atoms. The van der Waals surface area contributed by atoms with Crippen molar-refractivity contribution in [1.82, 2.24) is 9.47 Å². The highest BCUT2D eigenvalue weighted by Gasteiger charge is 2.49. The van der Waals surface area contributed by atoms with Gasteiger partial charge in [0.1, 0.15) is 0 Å². The Kier molecular flexibility index (Phi) is 5.68. The van der Waals surface area contributed by atoms with Crippen molar-refractivity contribution >= 4 is 38.4 Å². The van der Waals surface area contributed by atoms with Gasteiger partial charge >= 0.3 is 0 Å². The standard InChI is InChI=1S/C27H31BrN4O2/c1-17-7-5-6-8-20(17)24(33)30-29-23-21-11-18(28)9-10-22(21)32(25(23)34)16-31-15-27(4)13-19(31)12-26(2,3)14-27/h5-11,19,34H,12-16H2,1-4H3/t19-,27+/m0/s1. The molecule has 1 saturated heterocycles. The predicted molar refractivity (Wildman–Crippen MR) is 138 cm³/mol. The largest absolute Gasteiger partial charge is 0.493 e. The molecule has 2 heterocycles. The summed E-state index contributed by atoms with van der Waals surface area (Å²) in [6, 6.07) is 13.7. The summed E-state index contributed by atoms with van der Waals surface area (Å²) < 4.78 is 2.79. The van der Waals surface area contributed by atoms with Gasteiger partial charge in [-0.25, -0.2) is 0 Å². The Labute approximate surface area is 208 Å². The van der Waals surface area contributed by atoms with Crippen LogP contribution in [0, 0.1) is 17.8 Å². The first-order valence-electron chi connectivity index (χ1n) is 11.8. The number of amides is 1. The van der Waals surface area contributed by atoms with Gasteiger partial charge in [-0.15, -0.1) is 10.2 Å². The van der Waals surface area contributed by atoms with E-state index in [0.717, 1.165) is 33.9 Å². The van der Waals surface area contributed by atoms with E-state index in [1.165, 1.54) is 12.8 Å². The molecule has 2 aliphatic rings. The molecule has 1 amide bonds. The Bertz CT molecular complexity index is 1310. The van der Waals surface area contributed by atoms with E-state index < -0.39 is 5.91 Å². The van der Waals surface area contributed by atoms with E-state index in [2.05, 4.69) is 51.8 Å². The maximum Gasteiger partial charge on any atom is 0.295 e. The van der Waals surface area contributed by atoms with Gasteiger partial charge in [0.05, 0.1) is 12.2 Å². The van der Waals surface area contributed by atoms with Crippen molar-refractivity contribution in [2.45, 2.75) is 59.7 Å². The van der Waals surface area contributed by atoms with Crippen LogP contribution in [0.4, 0.5) is 5.69 Å². The maximum absolute atomic E-state index is 12.7. The van der Waals surface area contributed by atoms with Crippen LogP contribution in [0.15, 0.2) is 57.2 Å². The third-order valence-electron chi connectivity index (χ3n) is 7.43.